The van der Waals surface area contributed by atoms with Gasteiger partial charge < -0.3 is 5.32 Å². The summed E-state index contributed by atoms with van der Waals surface area (Å²) < 4.78 is 64.7. The van der Waals surface area contributed by atoms with Crippen molar-refractivity contribution < 1.29 is 22.0 Å². The fourth-order valence-corrected chi connectivity index (χ4v) is 1.57. The van der Waals surface area contributed by atoms with Crippen molar-refractivity contribution in [2.75, 3.05) is 5.32 Å². The Balaban J connectivity index is 2.16. The van der Waals surface area contributed by atoms with E-state index in [0.717, 1.165) is 12.1 Å². The van der Waals surface area contributed by atoms with Crippen LogP contribution in [0.1, 0.15) is 5.56 Å². The van der Waals surface area contributed by atoms with Gasteiger partial charge in [-0.15, -0.1) is 0 Å². The van der Waals surface area contributed by atoms with E-state index >= 15 is 0 Å². The van der Waals surface area contributed by atoms with Gasteiger partial charge in [0.05, 0.1) is 5.69 Å². The number of hydrogen-bond donors (Lipinski definition) is 1. The Morgan fingerprint density at radius 2 is 1.26 bits per heavy atom. The summed E-state index contributed by atoms with van der Waals surface area (Å²) in [5.74, 6) is -5.06. The molecule has 0 atom stereocenters. The molecule has 100 valence electrons. The van der Waals surface area contributed by atoms with Crippen LogP contribution in [0.25, 0.3) is 0 Å². The zero-order chi connectivity index (χ0) is 14.0. The van der Waals surface area contributed by atoms with Crippen LogP contribution in [0.2, 0.25) is 0 Å². The normalized spacial score (nSPS) is 10.6. The number of hydrogen-bond acceptors (Lipinski definition) is 1. The standard InChI is InChI=1S/C13H8F5N/c14-8-1-7(2-9(15)3-8)6-19-13-5-11(17)10(16)4-12(13)18/h1-5,19H,6H2. The van der Waals surface area contributed by atoms with Crippen molar-refractivity contribution >= 4 is 5.69 Å². The lowest BCUT2D eigenvalue weighted by atomic mass is 10.2. The van der Waals surface area contributed by atoms with E-state index in [0.29, 0.717) is 18.2 Å². The Labute approximate surface area is 105 Å². The molecule has 1 nitrogen and oxygen atoms in total. The minimum absolute atomic E-state index is 0.128. The van der Waals surface area contributed by atoms with Gasteiger partial charge >= 0.3 is 0 Å². The fourth-order valence-electron chi connectivity index (χ4n) is 1.57. The molecule has 0 spiro atoms. The second-order valence-electron chi connectivity index (χ2n) is 3.88. The minimum atomic E-state index is -1.31. The van der Waals surface area contributed by atoms with Crippen LogP contribution in [0.15, 0.2) is 30.3 Å². The van der Waals surface area contributed by atoms with E-state index in [9.17, 15) is 22.0 Å². The molecule has 0 fully saturated rings. The number of nitrogens with one attached hydrogen (secondary N) is 1. The molecular weight excluding hydrogens is 265 g/mol. The molecule has 2 aromatic rings. The molecule has 0 amide bonds. The predicted molar refractivity (Wildman–Crippen MR) is 60.0 cm³/mol. The smallest absolute Gasteiger partial charge is 0.161 e. The average molecular weight is 273 g/mol. The molecule has 6 heteroatoms. The van der Waals surface area contributed by atoms with Crippen molar-refractivity contribution in [1.82, 2.24) is 0 Å². The summed E-state index contributed by atoms with van der Waals surface area (Å²) in [7, 11) is 0. The van der Waals surface area contributed by atoms with Crippen molar-refractivity contribution in [3.05, 3.63) is 65.0 Å². The second-order valence-corrected chi connectivity index (χ2v) is 3.88. The highest BCUT2D eigenvalue weighted by molar-refractivity contribution is 5.45. The third-order valence-corrected chi connectivity index (χ3v) is 2.42. The first-order valence-corrected chi connectivity index (χ1v) is 5.29. The zero-order valence-corrected chi connectivity index (χ0v) is 9.48. The van der Waals surface area contributed by atoms with E-state index in [1.807, 2.05) is 0 Å². The molecule has 0 aliphatic rings. The Bertz CT molecular complexity index is 592. The van der Waals surface area contributed by atoms with Gasteiger partial charge in [0.15, 0.2) is 11.6 Å². The van der Waals surface area contributed by atoms with E-state index in [2.05, 4.69) is 5.32 Å². The third-order valence-electron chi connectivity index (χ3n) is 2.42. The summed E-state index contributed by atoms with van der Waals surface area (Å²) in [5.41, 5.74) is -0.0785. The van der Waals surface area contributed by atoms with Gasteiger partial charge in [0, 0.05) is 24.7 Å². The molecule has 19 heavy (non-hydrogen) atoms. The molecule has 0 aliphatic carbocycles. The van der Waals surface area contributed by atoms with E-state index in [-0.39, 0.29) is 17.8 Å². The van der Waals surface area contributed by atoms with Crippen LogP contribution < -0.4 is 5.32 Å². The van der Waals surface area contributed by atoms with Crippen LogP contribution in [0.5, 0.6) is 0 Å². The number of benzene rings is 2. The van der Waals surface area contributed by atoms with Gasteiger partial charge in [-0.25, -0.2) is 22.0 Å². The van der Waals surface area contributed by atoms with E-state index < -0.39 is 29.1 Å². The third kappa shape index (κ3) is 3.21. The van der Waals surface area contributed by atoms with Crippen molar-refractivity contribution in [3.63, 3.8) is 0 Å². The zero-order valence-electron chi connectivity index (χ0n) is 9.48. The maximum atomic E-state index is 13.3. The van der Waals surface area contributed by atoms with Crippen LogP contribution in [0.4, 0.5) is 27.6 Å². The SMILES string of the molecule is Fc1cc(F)cc(CNc2cc(F)c(F)cc2F)c1. The number of halogens is 5. The lowest BCUT2D eigenvalue weighted by molar-refractivity contribution is 0.496. The van der Waals surface area contributed by atoms with Crippen molar-refractivity contribution in [2.24, 2.45) is 0 Å². The number of rotatable bonds is 3. The topological polar surface area (TPSA) is 12.0 Å². The van der Waals surface area contributed by atoms with Gasteiger partial charge in [-0.2, -0.15) is 0 Å². The summed E-state index contributed by atoms with van der Waals surface area (Å²) in [5, 5.41) is 2.44. The Morgan fingerprint density at radius 1 is 0.684 bits per heavy atom. The summed E-state index contributed by atoms with van der Waals surface area (Å²) in [6.45, 7) is -0.128. The molecule has 1 N–H and O–H groups in total. The summed E-state index contributed by atoms with van der Waals surface area (Å²) >= 11 is 0. The maximum absolute atomic E-state index is 13.3. The van der Waals surface area contributed by atoms with Gasteiger partial charge in [-0.3, -0.25) is 0 Å². The number of anilines is 1. The van der Waals surface area contributed by atoms with E-state index in [4.69, 9.17) is 0 Å². The first-order valence-electron chi connectivity index (χ1n) is 5.29. The molecule has 2 aromatic carbocycles. The molecule has 0 radical (unpaired) electrons. The average Bonchev–Trinajstić information content (AvgIpc) is 2.31. The van der Waals surface area contributed by atoms with E-state index in [1.54, 1.807) is 0 Å². The Morgan fingerprint density at radius 3 is 1.89 bits per heavy atom. The van der Waals surface area contributed by atoms with Gasteiger partial charge in [0.1, 0.15) is 17.5 Å². The van der Waals surface area contributed by atoms with Crippen LogP contribution in [0.3, 0.4) is 0 Å². The van der Waals surface area contributed by atoms with Gasteiger partial charge in [-0.1, -0.05) is 0 Å². The highest BCUT2D eigenvalue weighted by atomic mass is 19.2. The molecule has 0 saturated heterocycles. The molecule has 2 rings (SSSR count). The molecule has 0 aromatic heterocycles. The quantitative estimate of drug-likeness (QED) is 0.658. The highest BCUT2D eigenvalue weighted by Gasteiger charge is 2.09. The monoisotopic (exact) mass is 273 g/mol. The first-order chi connectivity index (χ1) is 8.95. The lowest BCUT2D eigenvalue weighted by Crippen LogP contribution is -2.03. The van der Waals surface area contributed by atoms with Gasteiger partial charge in [-0.05, 0) is 17.7 Å². The second kappa shape index (κ2) is 5.26. The highest BCUT2D eigenvalue weighted by Crippen LogP contribution is 2.19. The molecule has 0 bridgehead atoms. The van der Waals surface area contributed by atoms with Crippen LogP contribution in [-0.2, 0) is 6.54 Å². The lowest BCUT2D eigenvalue weighted by Gasteiger charge is -2.08. The van der Waals surface area contributed by atoms with Crippen LogP contribution >= 0.6 is 0 Å². The fraction of sp³-hybridized carbons (Fsp3) is 0.0769. The summed E-state index contributed by atoms with van der Waals surface area (Å²) in [6.07, 6.45) is 0. The Hall–Kier alpha value is -2.11. The minimum Gasteiger partial charge on any atom is -0.379 e. The summed E-state index contributed by atoms with van der Waals surface area (Å²) in [6, 6.07) is 3.83. The molecule has 0 heterocycles. The van der Waals surface area contributed by atoms with Gasteiger partial charge in [0.25, 0.3) is 0 Å². The largest absolute Gasteiger partial charge is 0.379 e. The Kier molecular flexibility index (Phi) is 3.69. The first kappa shape index (κ1) is 13.3. The van der Waals surface area contributed by atoms with E-state index in [1.165, 1.54) is 0 Å². The van der Waals surface area contributed by atoms with Crippen molar-refractivity contribution in [2.45, 2.75) is 6.54 Å². The predicted octanol–water partition coefficient (Wildman–Crippen LogP) is 3.99. The molecule has 0 unspecified atom stereocenters. The van der Waals surface area contributed by atoms with Gasteiger partial charge in [0.2, 0.25) is 0 Å². The maximum Gasteiger partial charge on any atom is 0.161 e. The van der Waals surface area contributed by atoms with Crippen molar-refractivity contribution in [3.8, 4) is 0 Å². The molecule has 0 aliphatic heterocycles. The summed E-state index contributed by atoms with van der Waals surface area (Å²) in [4.78, 5) is 0. The molecule has 0 saturated carbocycles. The van der Waals surface area contributed by atoms with Crippen LogP contribution in [0, 0.1) is 29.1 Å². The van der Waals surface area contributed by atoms with Crippen LogP contribution in [-0.4, -0.2) is 0 Å². The van der Waals surface area contributed by atoms with Crippen molar-refractivity contribution in [1.29, 1.82) is 0 Å². The molecular formula is C13H8F5N.